The van der Waals surface area contributed by atoms with Crippen molar-refractivity contribution < 1.29 is 14.7 Å². The lowest BCUT2D eigenvalue weighted by Gasteiger charge is -2.09. The Balaban J connectivity index is 2.31. The van der Waals surface area contributed by atoms with Crippen LogP contribution in [0.3, 0.4) is 0 Å². The third-order valence-electron chi connectivity index (χ3n) is 2.69. The molecule has 0 fully saturated rings. The number of aromatic nitrogens is 1. The Kier molecular flexibility index (Phi) is 3.56. The summed E-state index contributed by atoms with van der Waals surface area (Å²) in [5.74, 6) is -1.59. The Morgan fingerprint density at radius 3 is 2.47 bits per heavy atom. The molecule has 2 rings (SSSR count). The maximum atomic E-state index is 12.1. The first-order valence-corrected chi connectivity index (χ1v) is 5.64. The van der Waals surface area contributed by atoms with Gasteiger partial charge in [0.2, 0.25) is 0 Å². The Hall–Kier alpha value is -2.69. The zero-order chi connectivity index (χ0) is 13.8. The number of carbonyl (C=O) groups is 2. The van der Waals surface area contributed by atoms with Crippen LogP contribution in [0, 0.1) is 6.92 Å². The molecule has 0 aliphatic rings. The van der Waals surface area contributed by atoms with Crippen molar-refractivity contribution in [2.24, 2.45) is 0 Å². The predicted molar refractivity (Wildman–Crippen MR) is 70.3 cm³/mol. The number of nitrogens with one attached hydrogen (secondary N) is 1. The van der Waals surface area contributed by atoms with E-state index in [1.807, 2.05) is 6.92 Å². The highest BCUT2D eigenvalue weighted by atomic mass is 16.4. The Morgan fingerprint density at radius 2 is 1.84 bits per heavy atom. The van der Waals surface area contributed by atoms with Gasteiger partial charge >= 0.3 is 5.97 Å². The number of hydrogen-bond donors (Lipinski definition) is 2. The Bertz CT molecular complexity index is 638. The van der Waals surface area contributed by atoms with Crippen molar-refractivity contribution in [3.63, 3.8) is 0 Å². The summed E-state index contributed by atoms with van der Waals surface area (Å²) in [7, 11) is 0. The average molecular weight is 256 g/mol. The van der Waals surface area contributed by atoms with Gasteiger partial charge in [0.15, 0.2) is 0 Å². The van der Waals surface area contributed by atoms with Gasteiger partial charge in [-0.1, -0.05) is 12.1 Å². The van der Waals surface area contributed by atoms with Crippen LogP contribution in [0.15, 0.2) is 42.7 Å². The smallest absolute Gasteiger partial charge is 0.336 e. The van der Waals surface area contributed by atoms with Crippen LogP contribution in [-0.2, 0) is 0 Å². The number of anilines is 1. The molecule has 19 heavy (non-hydrogen) atoms. The highest BCUT2D eigenvalue weighted by molar-refractivity contribution is 6.10. The molecular weight excluding hydrogens is 244 g/mol. The van der Waals surface area contributed by atoms with E-state index in [2.05, 4.69) is 10.3 Å². The summed E-state index contributed by atoms with van der Waals surface area (Å²) >= 11 is 0. The second-order valence-electron chi connectivity index (χ2n) is 4.00. The largest absolute Gasteiger partial charge is 0.478 e. The molecule has 0 aliphatic carbocycles. The molecule has 96 valence electrons. The van der Waals surface area contributed by atoms with E-state index in [1.54, 1.807) is 24.4 Å². The molecule has 0 bridgehead atoms. The van der Waals surface area contributed by atoms with Crippen LogP contribution in [0.2, 0.25) is 0 Å². The normalized spacial score (nSPS) is 9.95. The van der Waals surface area contributed by atoms with Gasteiger partial charge in [-0.3, -0.25) is 9.78 Å². The van der Waals surface area contributed by atoms with Crippen molar-refractivity contribution in [3.8, 4) is 0 Å². The van der Waals surface area contributed by atoms with Crippen LogP contribution in [0.25, 0.3) is 0 Å². The third-order valence-corrected chi connectivity index (χ3v) is 2.69. The van der Waals surface area contributed by atoms with Crippen molar-refractivity contribution in [2.75, 3.05) is 5.32 Å². The molecule has 0 radical (unpaired) electrons. The van der Waals surface area contributed by atoms with Crippen LogP contribution in [0.5, 0.6) is 0 Å². The van der Waals surface area contributed by atoms with Crippen molar-refractivity contribution in [1.82, 2.24) is 4.98 Å². The minimum atomic E-state index is -1.13. The van der Waals surface area contributed by atoms with Crippen LogP contribution in [0.4, 0.5) is 5.69 Å². The van der Waals surface area contributed by atoms with E-state index in [4.69, 9.17) is 5.11 Å². The lowest BCUT2D eigenvalue weighted by atomic mass is 10.1. The molecule has 5 heteroatoms. The SMILES string of the molecule is Cc1ccncc1NC(=O)c1ccccc1C(=O)O. The number of carboxylic acid groups (broad SMARTS) is 1. The number of benzene rings is 1. The van der Waals surface area contributed by atoms with Gasteiger partial charge in [-0.25, -0.2) is 4.79 Å². The first kappa shape index (κ1) is 12.8. The topological polar surface area (TPSA) is 79.3 Å². The highest BCUT2D eigenvalue weighted by Crippen LogP contribution is 2.15. The third kappa shape index (κ3) is 2.77. The lowest BCUT2D eigenvalue weighted by Crippen LogP contribution is -2.17. The minimum Gasteiger partial charge on any atom is -0.478 e. The van der Waals surface area contributed by atoms with Crippen LogP contribution in [-0.4, -0.2) is 22.0 Å². The van der Waals surface area contributed by atoms with Crippen molar-refractivity contribution in [1.29, 1.82) is 0 Å². The van der Waals surface area contributed by atoms with E-state index in [1.165, 1.54) is 18.3 Å². The second-order valence-corrected chi connectivity index (χ2v) is 4.00. The second kappa shape index (κ2) is 5.30. The summed E-state index contributed by atoms with van der Waals surface area (Å²) < 4.78 is 0. The van der Waals surface area contributed by atoms with Gasteiger partial charge in [-0.2, -0.15) is 0 Å². The molecule has 0 spiro atoms. The molecule has 0 saturated heterocycles. The maximum absolute atomic E-state index is 12.1. The molecule has 0 unspecified atom stereocenters. The number of hydrogen-bond acceptors (Lipinski definition) is 3. The number of carbonyl (C=O) groups excluding carboxylic acids is 1. The van der Waals surface area contributed by atoms with Crippen LogP contribution in [0.1, 0.15) is 26.3 Å². The first-order valence-electron chi connectivity index (χ1n) is 5.64. The van der Waals surface area contributed by atoms with Gasteiger partial charge in [-0.05, 0) is 30.7 Å². The number of rotatable bonds is 3. The van der Waals surface area contributed by atoms with E-state index >= 15 is 0 Å². The summed E-state index contributed by atoms with van der Waals surface area (Å²) in [6.07, 6.45) is 3.15. The molecule has 0 saturated carbocycles. The van der Waals surface area contributed by atoms with Crippen molar-refractivity contribution in [3.05, 3.63) is 59.4 Å². The van der Waals surface area contributed by atoms with Gasteiger partial charge in [0.05, 0.1) is 23.0 Å². The Labute approximate surface area is 109 Å². The van der Waals surface area contributed by atoms with Gasteiger partial charge in [-0.15, -0.1) is 0 Å². The van der Waals surface area contributed by atoms with Crippen LogP contribution >= 0.6 is 0 Å². The molecule has 1 heterocycles. The number of pyridine rings is 1. The zero-order valence-electron chi connectivity index (χ0n) is 10.3. The minimum absolute atomic E-state index is 0.0263. The molecular formula is C14H12N2O3. The van der Waals surface area contributed by atoms with Crippen molar-refractivity contribution in [2.45, 2.75) is 6.92 Å². The van der Waals surface area contributed by atoms with E-state index < -0.39 is 11.9 Å². The zero-order valence-corrected chi connectivity index (χ0v) is 10.3. The monoisotopic (exact) mass is 256 g/mol. The molecule has 1 aromatic heterocycles. The molecule has 0 aliphatic heterocycles. The van der Waals surface area contributed by atoms with Gasteiger partial charge in [0.25, 0.3) is 5.91 Å². The summed E-state index contributed by atoms with van der Waals surface area (Å²) in [4.78, 5) is 27.1. The van der Waals surface area contributed by atoms with Crippen molar-refractivity contribution >= 4 is 17.6 Å². The lowest BCUT2D eigenvalue weighted by molar-refractivity contribution is 0.0692. The van der Waals surface area contributed by atoms with E-state index in [0.29, 0.717) is 5.69 Å². The standard InChI is InChI=1S/C14H12N2O3/c1-9-6-7-15-8-12(9)16-13(17)10-4-2-3-5-11(10)14(18)19/h2-8H,1H3,(H,16,17)(H,18,19). The number of carboxylic acids is 1. The first-order chi connectivity index (χ1) is 9.09. The molecule has 0 atom stereocenters. The van der Waals surface area contributed by atoms with E-state index in [-0.39, 0.29) is 11.1 Å². The van der Waals surface area contributed by atoms with Crippen LogP contribution < -0.4 is 5.32 Å². The fraction of sp³-hybridized carbons (Fsp3) is 0.0714. The van der Waals surface area contributed by atoms with Gasteiger partial charge in [0, 0.05) is 6.20 Å². The van der Waals surface area contributed by atoms with E-state index in [9.17, 15) is 9.59 Å². The number of amides is 1. The summed E-state index contributed by atoms with van der Waals surface area (Å²) in [5, 5.41) is 11.7. The molecule has 1 aromatic carbocycles. The average Bonchev–Trinajstić information content (AvgIpc) is 2.41. The fourth-order valence-corrected chi connectivity index (χ4v) is 1.65. The number of aromatic carboxylic acids is 1. The fourth-order valence-electron chi connectivity index (χ4n) is 1.65. The van der Waals surface area contributed by atoms with Gasteiger partial charge in [0.1, 0.15) is 0 Å². The molecule has 2 aromatic rings. The maximum Gasteiger partial charge on any atom is 0.336 e. The number of nitrogens with zero attached hydrogens (tertiary/aromatic N) is 1. The summed E-state index contributed by atoms with van der Waals surface area (Å²) in [6.45, 7) is 1.83. The van der Waals surface area contributed by atoms with E-state index in [0.717, 1.165) is 5.56 Å². The van der Waals surface area contributed by atoms with Gasteiger partial charge < -0.3 is 10.4 Å². The summed E-state index contributed by atoms with van der Waals surface area (Å²) in [5.41, 5.74) is 1.52. The molecule has 2 N–H and O–H groups in total. The quantitative estimate of drug-likeness (QED) is 0.883. The highest BCUT2D eigenvalue weighted by Gasteiger charge is 2.16. The Morgan fingerprint density at radius 1 is 1.16 bits per heavy atom. The summed E-state index contributed by atoms with van der Waals surface area (Å²) in [6, 6.07) is 7.84. The predicted octanol–water partition coefficient (Wildman–Crippen LogP) is 2.34. The molecule has 5 nitrogen and oxygen atoms in total. The number of aryl methyl sites for hydroxylation is 1. The molecule has 1 amide bonds.